The minimum absolute atomic E-state index is 0.693. The van der Waals surface area contributed by atoms with E-state index in [1.165, 1.54) is 0 Å². The minimum atomic E-state index is 0.693. The van der Waals surface area contributed by atoms with Crippen LogP contribution in [0.4, 0.5) is 5.13 Å². The van der Waals surface area contributed by atoms with Gasteiger partial charge in [0.05, 0.1) is 11.4 Å². The Morgan fingerprint density at radius 3 is 3.09 bits per heavy atom. The first kappa shape index (κ1) is 15.1. The summed E-state index contributed by atoms with van der Waals surface area (Å²) in [5, 5.41) is 15.2. The van der Waals surface area contributed by atoms with Gasteiger partial charge in [0, 0.05) is 23.9 Å². The molecule has 3 aromatic heterocycles. The zero-order valence-electron chi connectivity index (χ0n) is 11.6. The number of nitrogens with zero attached hydrogens (tertiary/aromatic N) is 4. The third-order valence-electron chi connectivity index (χ3n) is 2.58. The van der Waals surface area contributed by atoms with Crippen LogP contribution in [-0.2, 0) is 5.75 Å². The highest BCUT2D eigenvalue weighted by molar-refractivity contribution is 8.00. The van der Waals surface area contributed by atoms with E-state index in [1.807, 2.05) is 18.2 Å². The summed E-state index contributed by atoms with van der Waals surface area (Å²) in [5.74, 6) is 0.777. The van der Waals surface area contributed by atoms with Gasteiger partial charge in [-0.25, -0.2) is 4.98 Å². The summed E-state index contributed by atoms with van der Waals surface area (Å²) in [6, 6.07) is 5.84. The van der Waals surface area contributed by atoms with Gasteiger partial charge in [-0.15, -0.1) is 28.1 Å². The molecule has 3 heterocycles. The van der Waals surface area contributed by atoms with Gasteiger partial charge in [-0.05, 0) is 12.1 Å². The zero-order chi connectivity index (χ0) is 15.2. The lowest BCUT2D eigenvalue weighted by molar-refractivity contribution is 1.01. The molecule has 0 saturated carbocycles. The molecule has 0 aliphatic heterocycles. The number of thioether (sulfide) groups is 1. The van der Waals surface area contributed by atoms with Crippen LogP contribution in [-0.4, -0.2) is 26.7 Å². The number of hydrogen-bond donors (Lipinski definition) is 1. The molecule has 112 valence electrons. The van der Waals surface area contributed by atoms with E-state index in [0.717, 1.165) is 31.6 Å². The fourth-order valence-electron chi connectivity index (χ4n) is 1.61. The van der Waals surface area contributed by atoms with Crippen molar-refractivity contribution in [1.82, 2.24) is 20.2 Å². The van der Waals surface area contributed by atoms with Gasteiger partial charge in [0.25, 0.3) is 0 Å². The van der Waals surface area contributed by atoms with Crippen molar-refractivity contribution in [3.8, 4) is 10.7 Å². The third-order valence-corrected chi connectivity index (χ3v) is 5.54. The summed E-state index contributed by atoms with van der Waals surface area (Å²) in [4.78, 5) is 8.93. The van der Waals surface area contributed by atoms with E-state index >= 15 is 0 Å². The van der Waals surface area contributed by atoms with Crippen LogP contribution in [0.3, 0.4) is 0 Å². The Hall–Kier alpha value is -1.77. The van der Waals surface area contributed by atoms with Crippen molar-refractivity contribution >= 4 is 39.6 Å². The number of thiazole rings is 1. The molecule has 0 aromatic carbocycles. The Labute approximate surface area is 140 Å². The number of rotatable bonds is 7. The van der Waals surface area contributed by atoms with E-state index < -0.39 is 0 Å². The van der Waals surface area contributed by atoms with Gasteiger partial charge in [0.2, 0.25) is 5.13 Å². The topological polar surface area (TPSA) is 63.6 Å². The lowest BCUT2D eigenvalue weighted by Gasteiger charge is -1.94. The predicted molar refractivity (Wildman–Crippen MR) is 93.5 cm³/mol. The molecular weight excluding hydrogens is 334 g/mol. The quantitative estimate of drug-likeness (QED) is 0.516. The van der Waals surface area contributed by atoms with Crippen molar-refractivity contribution < 1.29 is 0 Å². The van der Waals surface area contributed by atoms with Gasteiger partial charge in [-0.3, -0.25) is 4.98 Å². The summed E-state index contributed by atoms with van der Waals surface area (Å²) < 4.78 is 0.930. The summed E-state index contributed by atoms with van der Waals surface area (Å²) in [6.07, 6.45) is 3.58. The Balaban J connectivity index is 1.59. The molecule has 0 saturated heterocycles. The van der Waals surface area contributed by atoms with Crippen LogP contribution >= 0.6 is 34.4 Å². The average molecular weight is 347 g/mol. The molecule has 3 rings (SSSR count). The monoisotopic (exact) mass is 347 g/mol. The molecule has 8 heteroatoms. The van der Waals surface area contributed by atoms with Crippen LogP contribution in [0.2, 0.25) is 0 Å². The van der Waals surface area contributed by atoms with Crippen molar-refractivity contribution in [1.29, 1.82) is 0 Å². The minimum Gasteiger partial charge on any atom is -0.357 e. The first-order chi connectivity index (χ1) is 10.8. The molecule has 0 bridgehead atoms. The normalized spacial score (nSPS) is 10.5. The van der Waals surface area contributed by atoms with E-state index in [2.05, 4.69) is 37.4 Å². The number of anilines is 1. The molecule has 0 unspecified atom stereocenters. The van der Waals surface area contributed by atoms with Crippen LogP contribution in [0.5, 0.6) is 0 Å². The molecule has 0 atom stereocenters. The van der Waals surface area contributed by atoms with Gasteiger partial charge >= 0.3 is 0 Å². The Kier molecular flexibility index (Phi) is 5.15. The average Bonchev–Trinajstić information content (AvgIpc) is 3.21. The summed E-state index contributed by atoms with van der Waals surface area (Å²) in [5.41, 5.74) is 1.95. The lowest BCUT2D eigenvalue weighted by Crippen LogP contribution is -1.96. The summed E-state index contributed by atoms with van der Waals surface area (Å²) >= 11 is 4.79. The molecule has 0 aliphatic rings. The van der Waals surface area contributed by atoms with Gasteiger partial charge in [-0.1, -0.05) is 35.2 Å². The standard InChI is InChI=1S/C14H13N5S3/c1-2-6-16-13-18-19-14(22-13)21-9-10-8-20-12(17-10)11-5-3-4-7-15-11/h2-5,7-8H,1,6,9H2,(H,16,18). The molecule has 0 aliphatic carbocycles. The summed E-state index contributed by atoms with van der Waals surface area (Å²) in [6.45, 7) is 4.36. The van der Waals surface area contributed by atoms with Crippen LogP contribution in [0.25, 0.3) is 10.7 Å². The molecule has 0 fully saturated rings. The van der Waals surface area contributed by atoms with Gasteiger partial charge < -0.3 is 5.32 Å². The molecule has 0 radical (unpaired) electrons. The van der Waals surface area contributed by atoms with E-state index in [1.54, 1.807) is 46.7 Å². The maximum absolute atomic E-state index is 4.61. The molecule has 3 aromatic rings. The van der Waals surface area contributed by atoms with E-state index in [0.29, 0.717) is 6.54 Å². The Morgan fingerprint density at radius 2 is 2.27 bits per heavy atom. The fourth-order valence-corrected chi connectivity index (χ4v) is 4.17. The molecule has 1 N–H and O–H groups in total. The maximum Gasteiger partial charge on any atom is 0.206 e. The highest BCUT2D eigenvalue weighted by Gasteiger charge is 2.08. The van der Waals surface area contributed by atoms with Crippen molar-refractivity contribution in [2.24, 2.45) is 0 Å². The van der Waals surface area contributed by atoms with Crippen LogP contribution in [0.1, 0.15) is 5.69 Å². The van der Waals surface area contributed by atoms with Crippen LogP contribution in [0.15, 0.2) is 46.8 Å². The summed E-state index contributed by atoms with van der Waals surface area (Å²) in [7, 11) is 0. The Bertz CT molecular complexity index is 738. The van der Waals surface area contributed by atoms with Gasteiger partial charge in [0.15, 0.2) is 4.34 Å². The number of hydrogen-bond acceptors (Lipinski definition) is 8. The second kappa shape index (κ2) is 7.48. The number of pyridine rings is 1. The first-order valence-electron chi connectivity index (χ1n) is 6.52. The van der Waals surface area contributed by atoms with Crippen molar-refractivity contribution in [3.63, 3.8) is 0 Å². The van der Waals surface area contributed by atoms with E-state index in [4.69, 9.17) is 0 Å². The number of aromatic nitrogens is 4. The van der Waals surface area contributed by atoms with E-state index in [9.17, 15) is 0 Å². The highest BCUT2D eigenvalue weighted by Crippen LogP contribution is 2.30. The van der Waals surface area contributed by atoms with Gasteiger partial charge in [0.1, 0.15) is 5.01 Å². The smallest absolute Gasteiger partial charge is 0.206 e. The lowest BCUT2D eigenvalue weighted by atomic mass is 10.4. The fraction of sp³-hybridized carbons (Fsp3) is 0.143. The highest BCUT2D eigenvalue weighted by atomic mass is 32.2. The third kappa shape index (κ3) is 3.90. The second-order valence-electron chi connectivity index (χ2n) is 4.19. The maximum atomic E-state index is 4.61. The zero-order valence-corrected chi connectivity index (χ0v) is 14.0. The van der Waals surface area contributed by atoms with Crippen molar-refractivity contribution in [2.45, 2.75) is 10.1 Å². The number of nitrogens with one attached hydrogen (secondary N) is 1. The molecule has 0 spiro atoms. The van der Waals surface area contributed by atoms with Crippen LogP contribution in [0, 0.1) is 0 Å². The molecular formula is C14H13N5S3. The van der Waals surface area contributed by atoms with Gasteiger partial charge in [-0.2, -0.15) is 0 Å². The predicted octanol–water partition coefficient (Wildman–Crippen LogP) is 3.95. The SMILES string of the molecule is C=CCNc1nnc(SCc2csc(-c3ccccn3)n2)s1. The Morgan fingerprint density at radius 1 is 1.32 bits per heavy atom. The second-order valence-corrected chi connectivity index (χ2v) is 7.25. The van der Waals surface area contributed by atoms with E-state index in [-0.39, 0.29) is 0 Å². The molecule has 5 nitrogen and oxygen atoms in total. The molecule has 22 heavy (non-hydrogen) atoms. The van der Waals surface area contributed by atoms with Crippen molar-refractivity contribution in [2.75, 3.05) is 11.9 Å². The van der Waals surface area contributed by atoms with Crippen molar-refractivity contribution in [3.05, 3.63) is 48.1 Å². The molecule has 0 amide bonds. The van der Waals surface area contributed by atoms with Crippen LogP contribution < -0.4 is 5.32 Å². The largest absolute Gasteiger partial charge is 0.357 e. The first-order valence-corrected chi connectivity index (χ1v) is 9.20.